The van der Waals surface area contributed by atoms with Crippen molar-refractivity contribution in [3.8, 4) is 0 Å². The molecule has 0 radical (unpaired) electrons. The lowest BCUT2D eigenvalue weighted by molar-refractivity contribution is 0.174. The van der Waals surface area contributed by atoms with E-state index in [0.29, 0.717) is 6.54 Å². The summed E-state index contributed by atoms with van der Waals surface area (Å²) in [5.41, 5.74) is 2.31. The van der Waals surface area contributed by atoms with Gasteiger partial charge in [0.1, 0.15) is 0 Å². The second-order valence-corrected chi connectivity index (χ2v) is 5.20. The van der Waals surface area contributed by atoms with Crippen LogP contribution in [-0.4, -0.2) is 42.7 Å². The summed E-state index contributed by atoms with van der Waals surface area (Å²) in [6.07, 6.45) is 1.76. The van der Waals surface area contributed by atoms with Crippen molar-refractivity contribution in [2.75, 3.05) is 32.7 Å². The molecule has 1 rings (SSSR count). The molecule has 0 saturated heterocycles. The van der Waals surface area contributed by atoms with E-state index in [0.717, 1.165) is 44.6 Å². The molecule has 0 amide bonds. The Morgan fingerprint density at radius 3 is 2.30 bits per heavy atom. The van der Waals surface area contributed by atoms with Crippen LogP contribution in [0.2, 0.25) is 0 Å². The van der Waals surface area contributed by atoms with E-state index in [2.05, 4.69) is 43.1 Å². The molecule has 0 bridgehead atoms. The molecule has 114 valence electrons. The van der Waals surface area contributed by atoms with Gasteiger partial charge in [0.15, 0.2) is 0 Å². The van der Waals surface area contributed by atoms with Gasteiger partial charge in [-0.3, -0.25) is 0 Å². The molecule has 0 fully saturated rings. The van der Waals surface area contributed by atoms with Crippen molar-refractivity contribution < 1.29 is 5.11 Å². The van der Waals surface area contributed by atoms with Gasteiger partial charge in [0.05, 0.1) is 6.10 Å². The zero-order valence-electron chi connectivity index (χ0n) is 13.2. The topological polar surface area (TPSA) is 35.5 Å². The monoisotopic (exact) mass is 278 g/mol. The molecule has 0 aromatic heterocycles. The smallest absolute Gasteiger partial charge is 0.0914 e. The summed E-state index contributed by atoms with van der Waals surface area (Å²) in [7, 11) is 0. The third-order valence-corrected chi connectivity index (χ3v) is 3.83. The average Bonchev–Trinajstić information content (AvgIpc) is 2.50. The van der Waals surface area contributed by atoms with Crippen molar-refractivity contribution in [1.29, 1.82) is 0 Å². The molecule has 1 atom stereocenters. The molecule has 0 heterocycles. The number of aryl methyl sites for hydroxylation is 1. The SMILES string of the molecule is CCc1ccc(C(O)CNCCCN(CC)CC)cc1. The van der Waals surface area contributed by atoms with Gasteiger partial charge in [0.2, 0.25) is 0 Å². The van der Waals surface area contributed by atoms with Gasteiger partial charge in [-0.15, -0.1) is 0 Å². The minimum Gasteiger partial charge on any atom is -0.387 e. The van der Waals surface area contributed by atoms with Gasteiger partial charge in [-0.25, -0.2) is 0 Å². The third kappa shape index (κ3) is 6.04. The van der Waals surface area contributed by atoms with E-state index in [4.69, 9.17) is 0 Å². The first-order valence-electron chi connectivity index (χ1n) is 7.91. The van der Waals surface area contributed by atoms with E-state index in [-0.39, 0.29) is 0 Å². The summed E-state index contributed by atoms with van der Waals surface area (Å²) in [5, 5.41) is 13.5. The fraction of sp³-hybridized carbons (Fsp3) is 0.647. The van der Waals surface area contributed by atoms with Crippen LogP contribution in [0.15, 0.2) is 24.3 Å². The highest BCUT2D eigenvalue weighted by molar-refractivity contribution is 5.24. The lowest BCUT2D eigenvalue weighted by Crippen LogP contribution is -2.28. The van der Waals surface area contributed by atoms with E-state index in [9.17, 15) is 5.11 Å². The molecule has 0 aliphatic carbocycles. The van der Waals surface area contributed by atoms with Crippen LogP contribution in [0.5, 0.6) is 0 Å². The summed E-state index contributed by atoms with van der Waals surface area (Å²) in [6, 6.07) is 8.25. The highest BCUT2D eigenvalue weighted by atomic mass is 16.3. The number of aliphatic hydroxyl groups is 1. The molecule has 0 aliphatic heterocycles. The summed E-state index contributed by atoms with van der Waals surface area (Å²) < 4.78 is 0. The molecular weight excluding hydrogens is 248 g/mol. The molecule has 0 aliphatic rings. The molecule has 0 saturated carbocycles. The Morgan fingerprint density at radius 2 is 1.75 bits per heavy atom. The van der Waals surface area contributed by atoms with E-state index in [1.54, 1.807) is 0 Å². The van der Waals surface area contributed by atoms with Crippen LogP contribution in [0.3, 0.4) is 0 Å². The largest absolute Gasteiger partial charge is 0.387 e. The maximum Gasteiger partial charge on any atom is 0.0914 e. The van der Waals surface area contributed by atoms with E-state index < -0.39 is 6.10 Å². The number of rotatable bonds is 10. The number of benzene rings is 1. The summed E-state index contributed by atoms with van der Waals surface area (Å²) in [4.78, 5) is 2.42. The fourth-order valence-corrected chi connectivity index (χ4v) is 2.30. The Balaban J connectivity index is 2.20. The zero-order valence-corrected chi connectivity index (χ0v) is 13.2. The van der Waals surface area contributed by atoms with Crippen LogP contribution in [0, 0.1) is 0 Å². The number of nitrogens with zero attached hydrogens (tertiary/aromatic N) is 1. The van der Waals surface area contributed by atoms with Crippen molar-refractivity contribution in [2.45, 2.75) is 39.7 Å². The normalized spacial score (nSPS) is 12.8. The number of nitrogens with one attached hydrogen (secondary N) is 1. The zero-order chi connectivity index (χ0) is 14.8. The van der Waals surface area contributed by atoms with Crippen LogP contribution < -0.4 is 5.32 Å². The van der Waals surface area contributed by atoms with Crippen LogP contribution in [-0.2, 0) is 6.42 Å². The first-order valence-corrected chi connectivity index (χ1v) is 7.91. The minimum atomic E-state index is -0.408. The number of hydrogen-bond acceptors (Lipinski definition) is 3. The van der Waals surface area contributed by atoms with Crippen LogP contribution in [0.25, 0.3) is 0 Å². The second kappa shape index (κ2) is 9.92. The Bertz CT molecular complexity index is 347. The van der Waals surface area contributed by atoms with Gasteiger partial charge in [-0.05, 0) is 50.1 Å². The molecular formula is C17H30N2O. The summed E-state index contributed by atoms with van der Waals surface area (Å²) in [6.45, 7) is 11.5. The van der Waals surface area contributed by atoms with Gasteiger partial charge in [-0.1, -0.05) is 45.0 Å². The number of aliphatic hydroxyl groups excluding tert-OH is 1. The summed E-state index contributed by atoms with van der Waals surface area (Å²) >= 11 is 0. The van der Waals surface area contributed by atoms with Crippen molar-refractivity contribution in [3.05, 3.63) is 35.4 Å². The highest BCUT2D eigenvalue weighted by Crippen LogP contribution is 2.13. The Hall–Kier alpha value is -0.900. The van der Waals surface area contributed by atoms with Crippen molar-refractivity contribution in [2.24, 2.45) is 0 Å². The highest BCUT2D eigenvalue weighted by Gasteiger charge is 2.06. The molecule has 0 spiro atoms. The van der Waals surface area contributed by atoms with Crippen LogP contribution >= 0.6 is 0 Å². The van der Waals surface area contributed by atoms with Gasteiger partial charge >= 0.3 is 0 Å². The van der Waals surface area contributed by atoms with E-state index in [1.807, 2.05) is 12.1 Å². The second-order valence-electron chi connectivity index (χ2n) is 5.20. The minimum absolute atomic E-state index is 0.408. The van der Waals surface area contributed by atoms with E-state index >= 15 is 0 Å². The van der Waals surface area contributed by atoms with Crippen molar-refractivity contribution in [1.82, 2.24) is 10.2 Å². The van der Waals surface area contributed by atoms with Gasteiger partial charge in [0.25, 0.3) is 0 Å². The standard InChI is InChI=1S/C17H30N2O/c1-4-15-8-10-16(11-9-15)17(20)14-18-12-7-13-19(5-2)6-3/h8-11,17-18,20H,4-7,12-14H2,1-3H3. The predicted octanol–water partition coefficient (Wildman–Crippen LogP) is 2.60. The molecule has 1 aromatic rings. The lowest BCUT2D eigenvalue weighted by atomic mass is 10.1. The predicted molar refractivity (Wildman–Crippen MR) is 86.1 cm³/mol. The first kappa shape index (κ1) is 17.2. The molecule has 3 nitrogen and oxygen atoms in total. The first-order chi connectivity index (χ1) is 9.71. The fourth-order valence-electron chi connectivity index (χ4n) is 2.30. The maximum absolute atomic E-state index is 10.1. The molecule has 3 heteroatoms. The lowest BCUT2D eigenvalue weighted by Gasteiger charge is -2.18. The van der Waals surface area contributed by atoms with Crippen LogP contribution in [0.1, 0.15) is 44.4 Å². The Labute approximate surface area is 124 Å². The molecule has 1 aromatic carbocycles. The summed E-state index contributed by atoms with van der Waals surface area (Å²) in [5.74, 6) is 0. The molecule has 1 unspecified atom stereocenters. The molecule has 2 N–H and O–H groups in total. The third-order valence-electron chi connectivity index (χ3n) is 3.83. The Morgan fingerprint density at radius 1 is 1.10 bits per heavy atom. The quantitative estimate of drug-likeness (QED) is 0.646. The van der Waals surface area contributed by atoms with Gasteiger partial charge < -0.3 is 15.3 Å². The van der Waals surface area contributed by atoms with Crippen LogP contribution in [0.4, 0.5) is 0 Å². The van der Waals surface area contributed by atoms with E-state index in [1.165, 1.54) is 5.56 Å². The van der Waals surface area contributed by atoms with Crippen molar-refractivity contribution >= 4 is 0 Å². The maximum atomic E-state index is 10.1. The van der Waals surface area contributed by atoms with Gasteiger partial charge in [0, 0.05) is 6.54 Å². The Kier molecular flexibility index (Phi) is 8.51. The average molecular weight is 278 g/mol. The molecule has 20 heavy (non-hydrogen) atoms. The van der Waals surface area contributed by atoms with Gasteiger partial charge in [-0.2, -0.15) is 0 Å². The van der Waals surface area contributed by atoms with Crippen molar-refractivity contribution in [3.63, 3.8) is 0 Å². The number of hydrogen-bond donors (Lipinski definition) is 2.